The van der Waals surface area contributed by atoms with Crippen molar-refractivity contribution < 1.29 is 10.2 Å². The molecule has 0 amide bonds. The van der Waals surface area contributed by atoms with E-state index < -0.39 is 5.50 Å². The number of rotatable bonds is 4. The lowest BCUT2D eigenvalue weighted by Crippen LogP contribution is -2.27. The molecular weight excluding hydrogens is 200 g/mol. The van der Waals surface area contributed by atoms with Gasteiger partial charge in [-0.25, -0.2) is 0 Å². The first kappa shape index (κ1) is 13.3. The van der Waals surface area contributed by atoms with E-state index in [2.05, 4.69) is 0 Å². The van der Waals surface area contributed by atoms with Crippen molar-refractivity contribution >= 4 is 35.8 Å². The smallest absolute Gasteiger partial charge is 0.122 e. The maximum atomic E-state index is 8.39. The van der Waals surface area contributed by atoms with Crippen LogP contribution in [-0.4, -0.2) is 39.9 Å². The van der Waals surface area contributed by atoms with E-state index in [0.717, 1.165) is 4.42 Å². The fraction of sp³-hybridized carbons (Fsp3) is 1.00. The summed E-state index contributed by atoms with van der Waals surface area (Å²) in [5.41, 5.74) is -0.612. The van der Waals surface area contributed by atoms with Gasteiger partial charge in [-0.15, -0.1) is 24.0 Å². The van der Waals surface area contributed by atoms with Crippen LogP contribution in [0.1, 0.15) is 0 Å². The van der Waals surface area contributed by atoms with Gasteiger partial charge in [0.2, 0.25) is 0 Å². The van der Waals surface area contributed by atoms with Crippen LogP contribution in [0.15, 0.2) is 0 Å². The minimum atomic E-state index is -0.612. The molecule has 0 spiro atoms. The van der Waals surface area contributed by atoms with Crippen molar-refractivity contribution in [2.45, 2.75) is 5.50 Å². The molecule has 0 saturated carbocycles. The van der Waals surface area contributed by atoms with Gasteiger partial charge in [0.1, 0.15) is 5.50 Å². The zero-order valence-electron chi connectivity index (χ0n) is 5.20. The molecule has 2 N–H and O–H groups in total. The second kappa shape index (κ2) is 7.85. The molecule has 0 heterocycles. The first-order valence-electron chi connectivity index (χ1n) is 2.50. The molecule has 0 aromatic heterocycles. The highest BCUT2D eigenvalue weighted by Crippen LogP contribution is 2.05. The Morgan fingerprint density at radius 2 is 1.90 bits per heavy atom. The van der Waals surface area contributed by atoms with Crippen molar-refractivity contribution in [3.05, 3.63) is 0 Å². The molecule has 0 bridgehead atoms. The maximum Gasteiger partial charge on any atom is 0.122 e. The fourth-order valence-corrected chi connectivity index (χ4v) is 0.559. The Morgan fingerprint density at radius 3 is 2.20 bits per heavy atom. The van der Waals surface area contributed by atoms with Gasteiger partial charge in [0.05, 0.1) is 13.2 Å². The lowest BCUT2D eigenvalue weighted by molar-refractivity contribution is 0.205. The second-order valence-corrected chi connectivity index (χ2v) is 2.40. The molecule has 10 heavy (non-hydrogen) atoms. The maximum absolute atomic E-state index is 8.39. The number of hydrogen-bond acceptors (Lipinski definition) is 3. The SMILES string of the molecule is Cl.OCCN(Cl)C(Cl)CO. The van der Waals surface area contributed by atoms with Crippen LogP contribution < -0.4 is 0 Å². The van der Waals surface area contributed by atoms with Gasteiger partial charge >= 0.3 is 0 Å². The first-order chi connectivity index (χ1) is 4.22. The van der Waals surface area contributed by atoms with Gasteiger partial charge in [0, 0.05) is 6.54 Å². The summed E-state index contributed by atoms with van der Waals surface area (Å²) in [6.07, 6.45) is 0. The van der Waals surface area contributed by atoms with E-state index in [-0.39, 0.29) is 32.2 Å². The molecule has 1 atom stereocenters. The summed E-state index contributed by atoms with van der Waals surface area (Å²) in [4.78, 5) is 0. The van der Waals surface area contributed by atoms with Crippen LogP contribution in [0.25, 0.3) is 0 Å². The predicted molar refractivity (Wildman–Crippen MR) is 43.6 cm³/mol. The molecule has 0 aliphatic rings. The van der Waals surface area contributed by atoms with E-state index >= 15 is 0 Å². The van der Waals surface area contributed by atoms with Gasteiger partial charge in [-0.05, 0) is 11.8 Å². The van der Waals surface area contributed by atoms with Crippen molar-refractivity contribution in [1.29, 1.82) is 0 Å². The van der Waals surface area contributed by atoms with Gasteiger partial charge in [-0.1, -0.05) is 0 Å². The van der Waals surface area contributed by atoms with E-state index in [0.29, 0.717) is 0 Å². The summed E-state index contributed by atoms with van der Waals surface area (Å²) < 4.78 is 1.14. The molecule has 3 nitrogen and oxygen atoms in total. The third-order valence-corrected chi connectivity index (χ3v) is 1.65. The second-order valence-electron chi connectivity index (χ2n) is 1.46. The van der Waals surface area contributed by atoms with Gasteiger partial charge in [0.15, 0.2) is 0 Å². The molecule has 1 unspecified atom stereocenters. The largest absolute Gasteiger partial charge is 0.395 e. The minimum Gasteiger partial charge on any atom is -0.395 e. The van der Waals surface area contributed by atoms with Gasteiger partial charge in [0.25, 0.3) is 0 Å². The van der Waals surface area contributed by atoms with E-state index in [1.807, 2.05) is 0 Å². The van der Waals surface area contributed by atoms with Crippen molar-refractivity contribution in [2.75, 3.05) is 19.8 Å². The Hall–Kier alpha value is 0.750. The van der Waals surface area contributed by atoms with Crippen LogP contribution in [0.4, 0.5) is 0 Å². The molecule has 0 aliphatic carbocycles. The van der Waals surface area contributed by atoms with Crippen molar-refractivity contribution in [2.24, 2.45) is 0 Å². The molecule has 64 valence electrons. The van der Waals surface area contributed by atoms with E-state index in [9.17, 15) is 0 Å². The van der Waals surface area contributed by atoms with Crippen LogP contribution in [0.3, 0.4) is 0 Å². The molecular formula is C4H10Cl3NO2. The predicted octanol–water partition coefficient (Wildman–Crippen LogP) is 0.414. The van der Waals surface area contributed by atoms with Crippen LogP contribution in [0, 0.1) is 0 Å². The number of nitrogens with zero attached hydrogens (tertiary/aromatic N) is 1. The fourth-order valence-electron chi connectivity index (χ4n) is 0.324. The van der Waals surface area contributed by atoms with E-state index in [1.54, 1.807) is 0 Å². The Kier molecular flexibility index (Phi) is 10.5. The highest BCUT2D eigenvalue weighted by molar-refractivity contribution is 6.25. The van der Waals surface area contributed by atoms with Crippen LogP contribution in [0.5, 0.6) is 0 Å². The molecule has 0 rings (SSSR count). The third-order valence-electron chi connectivity index (χ3n) is 0.768. The zero-order chi connectivity index (χ0) is 7.28. The normalized spacial score (nSPS) is 12.9. The van der Waals surface area contributed by atoms with E-state index in [1.165, 1.54) is 0 Å². The summed E-state index contributed by atoms with van der Waals surface area (Å²) in [6.45, 7) is -0.0198. The van der Waals surface area contributed by atoms with E-state index in [4.69, 9.17) is 33.6 Å². The molecule has 0 fully saturated rings. The number of aliphatic hydroxyl groups excluding tert-OH is 2. The lowest BCUT2D eigenvalue weighted by Gasteiger charge is -2.15. The minimum absolute atomic E-state index is 0. The van der Waals surface area contributed by atoms with Crippen LogP contribution >= 0.6 is 35.8 Å². The van der Waals surface area contributed by atoms with Gasteiger partial charge in [-0.3, -0.25) is 0 Å². The highest BCUT2D eigenvalue weighted by atomic mass is 35.5. The number of aliphatic hydroxyl groups is 2. The average Bonchev–Trinajstić information content (AvgIpc) is 1.87. The topological polar surface area (TPSA) is 43.7 Å². The molecule has 0 aromatic carbocycles. The van der Waals surface area contributed by atoms with Gasteiger partial charge < -0.3 is 10.2 Å². The molecule has 6 heteroatoms. The zero-order valence-corrected chi connectivity index (χ0v) is 7.53. The third kappa shape index (κ3) is 5.53. The number of alkyl halides is 1. The Morgan fingerprint density at radius 1 is 1.40 bits per heavy atom. The summed E-state index contributed by atoms with van der Waals surface area (Å²) in [7, 11) is 0. The molecule has 0 radical (unpaired) electrons. The lowest BCUT2D eigenvalue weighted by atomic mass is 10.6. The van der Waals surface area contributed by atoms with Gasteiger partial charge in [-0.2, -0.15) is 4.42 Å². The summed E-state index contributed by atoms with van der Waals surface area (Å²) >= 11 is 10.8. The highest BCUT2D eigenvalue weighted by Gasteiger charge is 2.09. The van der Waals surface area contributed by atoms with Crippen molar-refractivity contribution in [1.82, 2.24) is 4.42 Å². The van der Waals surface area contributed by atoms with Crippen molar-refractivity contribution in [3.8, 4) is 0 Å². The Labute approximate surface area is 76.1 Å². The summed E-state index contributed by atoms with van der Waals surface area (Å²) in [6, 6.07) is 0. The number of hydrogen-bond donors (Lipinski definition) is 2. The monoisotopic (exact) mass is 209 g/mol. The van der Waals surface area contributed by atoms with Crippen LogP contribution in [0.2, 0.25) is 0 Å². The molecule has 0 aliphatic heterocycles. The Bertz CT molecular complexity index is 75.5. The summed E-state index contributed by atoms with van der Waals surface area (Å²) in [5.74, 6) is 0. The summed E-state index contributed by atoms with van der Waals surface area (Å²) in [5, 5.41) is 16.7. The van der Waals surface area contributed by atoms with Crippen LogP contribution in [-0.2, 0) is 0 Å². The average molecular weight is 210 g/mol. The quantitative estimate of drug-likeness (QED) is 0.401. The standard InChI is InChI=1S/C4H9Cl2NO2.ClH/c5-4(3-9)7(6)1-2-8;/h4,8-9H,1-3H2;1H. The van der Waals surface area contributed by atoms with Crippen molar-refractivity contribution in [3.63, 3.8) is 0 Å². The molecule has 0 aromatic rings. The number of halogens is 3. The first-order valence-corrected chi connectivity index (χ1v) is 3.28. The molecule has 0 saturated heterocycles. The Balaban J connectivity index is 0.